The third-order valence-electron chi connectivity index (χ3n) is 3.57. The van der Waals surface area contributed by atoms with Gasteiger partial charge in [0, 0.05) is 17.5 Å². The molecule has 0 spiro atoms. The van der Waals surface area contributed by atoms with Gasteiger partial charge in [-0.3, -0.25) is 9.40 Å². The van der Waals surface area contributed by atoms with Gasteiger partial charge in [0.15, 0.2) is 5.13 Å². The largest absolute Gasteiger partial charge is 0.266 e. The zero-order valence-electron chi connectivity index (χ0n) is 13.8. The summed E-state index contributed by atoms with van der Waals surface area (Å²) >= 11 is 1.22. The minimum atomic E-state index is -3.93. The van der Waals surface area contributed by atoms with Crippen molar-refractivity contribution in [3.05, 3.63) is 58.9 Å². The van der Waals surface area contributed by atoms with Crippen molar-refractivity contribution in [2.45, 2.75) is 31.2 Å². The Morgan fingerprint density at radius 1 is 1.27 bits per heavy atom. The Balaban J connectivity index is 1.76. The number of rotatable bonds is 7. The van der Waals surface area contributed by atoms with Crippen molar-refractivity contribution in [2.75, 3.05) is 4.72 Å². The van der Waals surface area contributed by atoms with Gasteiger partial charge in [-0.15, -0.1) is 11.3 Å². The first-order valence-electron chi connectivity index (χ1n) is 7.67. The zero-order chi connectivity index (χ0) is 18.7. The van der Waals surface area contributed by atoms with Gasteiger partial charge >= 0.3 is 0 Å². The van der Waals surface area contributed by atoms with Gasteiger partial charge in [-0.1, -0.05) is 30.3 Å². The van der Waals surface area contributed by atoms with Gasteiger partial charge in [-0.05, 0) is 12.5 Å². The molecular weight excluding hydrogens is 382 g/mol. The van der Waals surface area contributed by atoms with Crippen molar-refractivity contribution < 1.29 is 17.2 Å². The maximum Gasteiger partial charge on any atom is 0.266 e. The van der Waals surface area contributed by atoms with Crippen LogP contribution in [0.3, 0.4) is 0 Å². The highest BCUT2D eigenvalue weighted by Crippen LogP contribution is 2.26. The third kappa shape index (κ3) is 4.44. The number of hydrogen-bond donors (Lipinski definition) is 1. The van der Waals surface area contributed by atoms with E-state index in [9.17, 15) is 17.2 Å². The number of nitrogens with one attached hydrogen (secondary N) is 1. The van der Waals surface area contributed by atoms with Crippen LogP contribution in [0.1, 0.15) is 16.1 Å². The van der Waals surface area contributed by atoms with Gasteiger partial charge in [0.05, 0.1) is 11.9 Å². The summed E-state index contributed by atoms with van der Waals surface area (Å²) in [6.07, 6.45) is 0.0909. The molecule has 1 aromatic carbocycles. The number of sulfonamides is 1. The Labute approximate surface area is 153 Å². The lowest BCUT2D eigenvalue weighted by atomic mass is 10.1. The van der Waals surface area contributed by atoms with Crippen LogP contribution in [0.15, 0.2) is 47.6 Å². The Morgan fingerprint density at radius 3 is 2.69 bits per heavy atom. The summed E-state index contributed by atoms with van der Waals surface area (Å²) in [5.41, 5.74) is 1.86. The molecule has 2 heterocycles. The van der Waals surface area contributed by atoms with Crippen LogP contribution in [0.5, 0.6) is 0 Å². The number of nitrogens with zero attached hydrogens (tertiary/aromatic N) is 3. The summed E-state index contributed by atoms with van der Waals surface area (Å²) in [4.78, 5) is 5.07. The van der Waals surface area contributed by atoms with Crippen molar-refractivity contribution in [1.29, 1.82) is 0 Å². The molecule has 0 saturated carbocycles. The summed E-state index contributed by atoms with van der Waals surface area (Å²) < 4.78 is 52.8. The normalized spacial score (nSPS) is 11.8. The molecule has 3 rings (SSSR count). The molecule has 0 saturated heterocycles. The number of benzene rings is 1. The highest BCUT2D eigenvalue weighted by atomic mass is 32.2. The number of aromatic nitrogens is 3. The predicted octanol–water partition coefficient (Wildman–Crippen LogP) is 3.30. The van der Waals surface area contributed by atoms with Crippen LogP contribution in [-0.2, 0) is 23.0 Å². The number of thiazole rings is 1. The SMILES string of the molecule is Cc1sc(NS(=O)(=O)c2cnn(CC(F)F)c2)nc1Cc1ccccc1. The third-order valence-corrected chi connectivity index (χ3v) is 5.92. The second-order valence-corrected chi connectivity index (χ2v) is 8.46. The lowest BCUT2D eigenvalue weighted by molar-refractivity contribution is 0.121. The maximum absolute atomic E-state index is 12.4. The van der Waals surface area contributed by atoms with E-state index in [0.29, 0.717) is 6.42 Å². The first-order valence-corrected chi connectivity index (χ1v) is 9.97. The summed E-state index contributed by atoms with van der Waals surface area (Å²) in [6.45, 7) is 1.21. The monoisotopic (exact) mass is 398 g/mol. The minimum Gasteiger partial charge on any atom is -0.266 e. The first-order chi connectivity index (χ1) is 12.3. The van der Waals surface area contributed by atoms with E-state index < -0.39 is 23.0 Å². The van der Waals surface area contributed by atoms with Gasteiger partial charge < -0.3 is 0 Å². The molecule has 0 amide bonds. The maximum atomic E-state index is 12.4. The molecule has 2 aromatic heterocycles. The quantitative estimate of drug-likeness (QED) is 0.662. The number of alkyl halides is 2. The molecule has 138 valence electrons. The molecule has 0 fully saturated rings. The van der Waals surface area contributed by atoms with Crippen LogP contribution in [0.4, 0.5) is 13.9 Å². The van der Waals surface area contributed by atoms with Crippen LogP contribution in [-0.4, -0.2) is 29.6 Å². The van der Waals surface area contributed by atoms with E-state index in [4.69, 9.17) is 0 Å². The van der Waals surface area contributed by atoms with E-state index in [2.05, 4.69) is 14.8 Å². The number of aryl methyl sites for hydroxylation is 1. The molecule has 0 bridgehead atoms. The van der Waals surface area contributed by atoms with Crippen molar-refractivity contribution in [3.63, 3.8) is 0 Å². The molecule has 10 heteroatoms. The highest BCUT2D eigenvalue weighted by molar-refractivity contribution is 7.93. The van der Waals surface area contributed by atoms with Crippen LogP contribution in [0.25, 0.3) is 0 Å². The van der Waals surface area contributed by atoms with Crippen LogP contribution < -0.4 is 4.72 Å². The van der Waals surface area contributed by atoms with Crippen LogP contribution >= 0.6 is 11.3 Å². The van der Waals surface area contributed by atoms with Gasteiger partial charge in [-0.2, -0.15) is 5.10 Å². The first kappa shape index (κ1) is 18.5. The molecule has 0 aliphatic heterocycles. The number of halogens is 2. The molecule has 0 aliphatic carbocycles. The van der Waals surface area contributed by atoms with Gasteiger partial charge in [0.2, 0.25) is 0 Å². The lowest BCUT2D eigenvalue weighted by Crippen LogP contribution is -2.12. The van der Waals surface area contributed by atoms with E-state index in [-0.39, 0.29) is 10.0 Å². The summed E-state index contributed by atoms with van der Waals surface area (Å²) in [6, 6.07) is 9.72. The van der Waals surface area contributed by atoms with Crippen molar-refractivity contribution in [3.8, 4) is 0 Å². The molecule has 0 unspecified atom stereocenters. The molecule has 0 aliphatic rings. The molecule has 0 radical (unpaired) electrons. The van der Waals surface area contributed by atoms with Crippen molar-refractivity contribution in [2.24, 2.45) is 0 Å². The Bertz CT molecular complexity index is 985. The fraction of sp³-hybridized carbons (Fsp3) is 0.250. The highest BCUT2D eigenvalue weighted by Gasteiger charge is 2.20. The lowest BCUT2D eigenvalue weighted by Gasteiger charge is -2.02. The second kappa shape index (κ2) is 7.50. The number of anilines is 1. The molecular formula is C16H16F2N4O2S2. The molecule has 26 heavy (non-hydrogen) atoms. The fourth-order valence-corrected chi connectivity index (χ4v) is 4.34. The van der Waals surface area contributed by atoms with Gasteiger partial charge in [0.25, 0.3) is 16.4 Å². The Kier molecular flexibility index (Phi) is 5.33. The average Bonchev–Trinajstić information content (AvgIpc) is 3.15. The standard InChI is InChI=1S/C16H16F2N4O2S2/c1-11-14(7-12-5-3-2-4-6-12)20-16(25-11)21-26(23,24)13-8-19-22(9-13)10-15(17)18/h2-6,8-9,15H,7,10H2,1H3,(H,20,21). The van der Waals surface area contributed by atoms with E-state index in [1.807, 2.05) is 37.3 Å². The second-order valence-electron chi connectivity index (χ2n) is 5.58. The summed E-state index contributed by atoms with van der Waals surface area (Å²) in [5, 5.41) is 3.87. The Morgan fingerprint density at radius 2 is 2.00 bits per heavy atom. The molecule has 6 nitrogen and oxygen atoms in total. The smallest absolute Gasteiger partial charge is 0.266 e. The van der Waals surface area contributed by atoms with Crippen molar-refractivity contribution in [1.82, 2.24) is 14.8 Å². The van der Waals surface area contributed by atoms with E-state index >= 15 is 0 Å². The average molecular weight is 398 g/mol. The van der Waals surface area contributed by atoms with E-state index in [1.54, 1.807) is 0 Å². The van der Waals surface area contributed by atoms with Crippen molar-refractivity contribution >= 4 is 26.5 Å². The Hall–Kier alpha value is -2.33. The molecule has 3 aromatic rings. The fourth-order valence-electron chi connectivity index (χ4n) is 2.32. The topological polar surface area (TPSA) is 76.9 Å². The van der Waals surface area contributed by atoms with Crippen LogP contribution in [0.2, 0.25) is 0 Å². The van der Waals surface area contributed by atoms with Gasteiger partial charge in [-0.25, -0.2) is 22.2 Å². The van der Waals surface area contributed by atoms with Gasteiger partial charge in [0.1, 0.15) is 11.4 Å². The van der Waals surface area contributed by atoms with E-state index in [0.717, 1.165) is 33.2 Å². The molecule has 1 N–H and O–H groups in total. The van der Waals surface area contributed by atoms with E-state index in [1.165, 1.54) is 11.3 Å². The molecule has 0 atom stereocenters. The minimum absolute atomic E-state index is 0.185. The van der Waals surface area contributed by atoms with Crippen LogP contribution in [0, 0.1) is 6.92 Å². The predicted molar refractivity (Wildman–Crippen MR) is 95.1 cm³/mol. The zero-order valence-corrected chi connectivity index (χ0v) is 15.4. The summed E-state index contributed by atoms with van der Waals surface area (Å²) in [7, 11) is -3.93. The number of hydrogen-bond acceptors (Lipinski definition) is 5. The summed E-state index contributed by atoms with van der Waals surface area (Å²) in [5.74, 6) is 0.